The van der Waals surface area contributed by atoms with Crippen LogP contribution >= 0.6 is 0 Å². The quantitative estimate of drug-likeness (QED) is 0.546. The van der Waals surface area contributed by atoms with Crippen molar-refractivity contribution in [2.45, 2.75) is 24.8 Å². The molecule has 0 radical (unpaired) electrons. The van der Waals surface area contributed by atoms with Gasteiger partial charge in [-0.3, -0.25) is 9.78 Å². The summed E-state index contributed by atoms with van der Waals surface area (Å²) in [6.45, 7) is 0. The van der Waals surface area contributed by atoms with Gasteiger partial charge >= 0.3 is 18.3 Å². The maximum Gasteiger partial charge on any atom is 0.416 e. The summed E-state index contributed by atoms with van der Waals surface area (Å²) in [6, 6.07) is 8.82. The van der Waals surface area contributed by atoms with Crippen molar-refractivity contribution in [2.75, 3.05) is 0 Å². The number of aromatic nitrogens is 1. The zero-order chi connectivity index (χ0) is 23.7. The first-order valence-corrected chi connectivity index (χ1v) is 9.02. The van der Waals surface area contributed by atoms with E-state index in [0.29, 0.717) is 5.52 Å². The summed E-state index contributed by atoms with van der Waals surface area (Å²) < 4.78 is 78.0. The van der Waals surface area contributed by atoms with Crippen molar-refractivity contribution >= 4 is 22.8 Å². The van der Waals surface area contributed by atoms with E-state index in [1.807, 2.05) is 5.32 Å². The number of rotatable bonds is 5. The van der Waals surface area contributed by atoms with Crippen molar-refractivity contribution in [1.82, 2.24) is 10.3 Å². The normalized spacial score (nSPS) is 13.1. The fourth-order valence-corrected chi connectivity index (χ4v) is 2.96. The summed E-state index contributed by atoms with van der Waals surface area (Å²) in [5.74, 6) is -2.92. The predicted octanol–water partition coefficient (Wildman–Crippen LogP) is 4.70. The van der Waals surface area contributed by atoms with Crippen LogP contribution in [-0.2, 0) is 23.6 Å². The first-order valence-electron chi connectivity index (χ1n) is 9.02. The van der Waals surface area contributed by atoms with E-state index in [0.717, 1.165) is 5.39 Å². The number of carboxylic acid groups (broad SMARTS) is 1. The molecular weight excluding hydrogens is 442 g/mol. The fraction of sp³-hybridized carbons (Fsp3) is 0.190. The molecule has 0 aliphatic rings. The number of hydrogen-bond acceptors (Lipinski definition) is 3. The lowest BCUT2D eigenvalue weighted by molar-refractivity contribution is -0.143. The highest BCUT2D eigenvalue weighted by molar-refractivity contribution is 5.97. The molecule has 1 aromatic heterocycles. The number of nitrogens with zero attached hydrogens (tertiary/aromatic N) is 1. The van der Waals surface area contributed by atoms with Gasteiger partial charge in [0.05, 0.1) is 16.6 Å². The molecule has 0 spiro atoms. The smallest absolute Gasteiger partial charge is 0.416 e. The highest BCUT2D eigenvalue weighted by Crippen LogP contribution is 2.36. The lowest BCUT2D eigenvalue weighted by atomic mass is 10.0. The largest absolute Gasteiger partial charge is 0.480 e. The van der Waals surface area contributed by atoms with Gasteiger partial charge in [-0.15, -0.1) is 0 Å². The number of carbonyl (C=O) groups excluding carboxylic acids is 1. The summed E-state index contributed by atoms with van der Waals surface area (Å²) in [6.07, 6.45) is -10.6. The Bertz CT molecular complexity index is 1140. The van der Waals surface area contributed by atoms with Gasteiger partial charge in [0.1, 0.15) is 6.04 Å². The van der Waals surface area contributed by atoms with Crippen LogP contribution in [-0.4, -0.2) is 28.0 Å². The molecule has 0 unspecified atom stereocenters. The van der Waals surface area contributed by atoms with E-state index in [-0.39, 0.29) is 30.3 Å². The second-order valence-electron chi connectivity index (χ2n) is 6.86. The van der Waals surface area contributed by atoms with Crippen molar-refractivity contribution < 1.29 is 41.0 Å². The van der Waals surface area contributed by atoms with Crippen LogP contribution in [0.25, 0.3) is 10.9 Å². The number of para-hydroxylation sites is 1. The van der Waals surface area contributed by atoms with Gasteiger partial charge in [0.2, 0.25) is 0 Å². The Morgan fingerprint density at radius 3 is 2.06 bits per heavy atom. The number of aliphatic carboxylic acids is 1. The molecule has 3 rings (SSSR count). The zero-order valence-electron chi connectivity index (χ0n) is 16.0. The van der Waals surface area contributed by atoms with Gasteiger partial charge < -0.3 is 10.4 Å². The molecule has 0 bridgehead atoms. The van der Waals surface area contributed by atoms with Crippen LogP contribution in [0.1, 0.15) is 27.2 Å². The predicted molar refractivity (Wildman–Crippen MR) is 101 cm³/mol. The van der Waals surface area contributed by atoms with E-state index in [9.17, 15) is 41.0 Å². The average Bonchev–Trinajstić information content (AvgIpc) is 2.71. The van der Waals surface area contributed by atoms with Crippen LogP contribution in [0, 0.1) is 0 Å². The molecule has 0 aliphatic carbocycles. The van der Waals surface area contributed by atoms with Crippen LogP contribution in [0.2, 0.25) is 0 Å². The number of benzene rings is 2. The molecule has 1 heterocycles. The van der Waals surface area contributed by atoms with E-state index in [2.05, 4.69) is 4.98 Å². The molecule has 0 fully saturated rings. The molecular formula is C21H14F6N2O3. The monoisotopic (exact) mass is 456 g/mol. The minimum atomic E-state index is -5.14. The fourth-order valence-electron chi connectivity index (χ4n) is 2.96. The van der Waals surface area contributed by atoms with Gasteiger partial charge in [-0.1, -0.05) is 24.3 Å². The first-order chi connectivity index (χ1) is 14.8. The number of fused-ring (bicyclic) bond motifs is 1. The Morgan fingerprint density at radius 1 is 0.906 bits per heavy atom. The summed E-state index contributed by atoms with van der Waals surface area (Å²) in [7, 11) is 0. The highest BCUT2D eigenvalue weighted by atomic mass is 19.4. The maximum atomic E-state index is 13.0. The molecule has 3 aromatic rings. The lowest BCUT2D eigenvalue weighted by Crippen LogP contribution is -2.42. The molecule has 0 saturated heterocycles. The van der Waals surface area contributed by atoms with Gasteiger partial charge in [-0.05, 0) is 30.3 Å². The number of halogens is 6. The van der Waals surface area contributed by atoms with Crippen molar-refractivity contribution in [3.05, 3.63) is 77.0 Å². The Hall–Kier alpha value is -3.63. The molecule has 168 valence electrons. The van der Waals surface area contributed by atoms with Crippen LogP contribution in [0.3, 0.4) is 0 Å². The van der Waals surface area contributed by atoms with E-state index in [4.69, 9.17) is 0 Å². The number of carboxylic acids is 1. The average molecular weight is 456 g/mol. The minimum absolute atomic E-state index is 0.121. The highest BCUT2D eigenvalue weighted by Gasteiger charge is 2.37. The molecule has 0 aliphatic heterocycles. The summed E-state index contributed by atoms with van der Waals surface area (Å²) in [4.78, 5) is 28.2. The molecule has 2 aromatic carbocycles. The number of carbonyl (C=O) groups is 2. The van der Waals surface area contributed by atoms with Gasteiger partial charge in [0, 0.05) is 23.1 Å². The van der Waals surface area contributed by atoms with Gasteiger partial charge in [-0.2, -0.15) is 26.3 Å². The number of pyridine rings is 1. The maximum absolute atomic E-state index is 13.0. The third-order valence-corrected chi connectivity index (χ3v) is 4.52. The molecule has 2 N–H and O–H groups in total. The molecule has 11 heteroatoms. The van der Waals surface area contributed by atoms with E-state index < -0.39 is 47.0 Å². The van der Waals surface area contributed by atoms with E-state index >= 15 is 0 Å². The number of alkyl halides is 6. The summed E-state index contributed by atoms with van der Waals surface area (Å²) in [5, 5.41) is 12.2. The second-order valence-corrected chi connectivity index (χ2v) is 6.86. The third-order valence-electron chi connectivity index (χ3n) is 4.52. The van der Waals surface area contributed by atoms with E-state index in [1.54, 1.807) is 30.3 Å². The second kappa shape index (κ2) is 8.48. The molecule has 5 nitrogen and oxygen atoms in total. The number of amides is 1. The first kappa shape index (κ1) is 23.0. The Labute approximate surface area is 176 Å². The van der Waals surface area contributed by atoms with Crippen LogP contribution in [0.4, 0.5) is 26.3 Å². The summed E-state index contributed by atoms with van der Waals surface area (Å²) in [5.41, 5.74) is -3.52. The lowest BCUT2D eigenvalue weighted by Gasteiger charge is -2.17. The summed E-state index contributed by atoms with van der Waals surface area (Å²) >= 11 is 0. The van der Waals surface area contributed by atoms with Gasteiger partial charge in [0.15, 0.2) is 0 Å². The molecule has 0 saturated carbocycles. The van der Waals surface area contributed by atoms with Crippen molar-refractivity contribution in [1.29, 1.82) is 0 Å². The van der Waals surface area contributed by atoms with Crippen molar-refractivity contribution in [3.8, 4) is 0 Å². The Morgan fingerprint density at radius 2 is 1.50 bits per heavy atom. The Balaban J connectivity index is 1.89. The van der Waals surface area contributed by atoms with Crippen molar-refractivity contribution in [2.24, 2.45) is 0 Å². The van der Waals surface area contributed by atoms with E-state index in [1.165, 1.54) is 6.07 Å². The van der Waals surface area contributed by atoms with Crippen LogP contribution < -0.4 is 5.32 Å². The molecule has 1 atom stereocenters. The minimum Gasteiger partial charge on any atom is -0.480 e. The molecule has 32 heavy (non-hydrogen) atoms. The third kappa shape index (κ3) is 5.34. The van der Waals surface area contributed by atoms with Gasteiger partial charge in [-0.25, -0.2) is 4.79 Å². The Kier molecular flexibility index (Phi) is 6.11. The number of nitrogens with one attached hydrogen (secondary N) is 1. The SMILES string of the molecule is O=C(N[C@H](Cc1ccc2ccccc2n1)C(=O)O)c1cc(C(F)(F)F)cc(C(F)(F)F)c1. The molecule has 1 amide bonds. The van der Waals surface area contributed by atoms with Gasteiger partial charge in [0.25, 0.3) is 5.91 Å². The van der Waals surface area contributed by atoms with Crippen molar-refractivity contribution in [3.63, 3.8) is 0 Å². The topological polar surface area (TPSA) is 79.3 Å². The number of hydrogen-bond donors (Lipinski definition) is 2. The van der Waals surface area contributed by atoms with Crippen LogP contribution in [0.15, 0.2) is 54.6 Å². The standard InChI is InChI=1S/C21H14F6N2O3/c22-20(23,24)13-7-12(8-14(9-13)21(25,26)27)18(30)29-17(19(31)32)10-15-6-5-11-3-1-2-4-16(11)28-15/h1-9,17H,10H2,(H,29,30)(H,31,32)/t17-/m1/s1. The van der Waals surface area contributed by atoms with Crippen LogP contribution in [0.5, 0.6) is 0 Å². The zero-order valence-corrected chi connectivity index (χ0v) is 16.0.